The summed E-state index contributed by atoms with van der Waals surface area (Å²) in [5.74, 6) is 3.89. The van der Waals surface area contributed by atoms with E-state index in [1.165, 1.54) is 11.3 Å². The van der Waals surface area contributed by atoms with Crippen molar-refractivity contribution in [1.29, 1.82) is 0 Å². The van der Waals surface area contributed by atoms with Crippen molar-refractivity contribution in [3.05, 3.63) is 54.1 Å². The van der Waals surface area contributed by atoms with Crippen LogP contribution in [-0.4, -0.2) is 43.6 Å². The molecule has 0 aliphatic heterocycles. The van der Waals surface area contributed by atoms with Gasteiger partial charge in [-0.25, -0.2) is 4.98 Å². The molecule has 3 aromatic rings. The van der Waals surface area contributed by atoms with Gasteiger partial charge in [0.25, 0.3) is 0 Å². The lowest BCUT2D eigenvalue weighted by Crippen LogP contribution is -2.16. The maximum absolute atomic E-state index is 12.3. The molecule has 0 amide bonds. The summed E-state index contributed by atoms with van der Waals surface area (Å²) in [5, 5.41) is 11.2. The molecule has 1 atom stereocenters. The van der Waals surface area contributed by atoms with E-state index in [1.54, 1.807) is 33.2 Å². The Morgan fingerprint density at radius 3 is 2.70 bits per heavy atom. The van der Waals surface area contributed by atoms with Gasteiger partial charge in [-0.05, 0) is 66.0 Å². The molecule has 0 bridgehead atoms. The number of rotatable bonds is 7. The van der Waals surface area contributed by atoms with E-state index in [1.807, 2.05) is 41.0 Å². The summed E-state index contributed by atoms with van der Waals surface area (Å²) >= 11 is 1.51. The van der Waals surface area contributed by atoms with Gasteiger partial charge < -0.3 is 9.84 Å². The van der Waals surface area contributed by atoms with Crippen molar-refractivity contribution in [3.63, 3.8) is 0 Å². The Hall–Kier alpha value is -2.42. The Morgan fingerprint density at radius 1 is 1.33 bits per heavy atom. The zero-order valence-corrected chi connectivity index (χ0v) is 19.2. The standard InChI is InChI=1S/C22H26N2O4S2/c1-6-28-21(25)13-19-23-18(22(2,3)26)14-24(19)20-11-10-17(29-20)15-8-7-9-16(12-15)30(4,5)27/h7-12,14,26H,4,6,13H2,1-3,5H3. The van der Waals surface area contributed by atoms with Crippen LogP contribution in [0.3, 0.4) is 0 Å². The molecule has 0 saturated heterocycles. The number of hydrogen-bond donors (Lipinski definition) is 1. The molecule has 0 aliphatic carbocycles. The fourth-order valence-electron chi connectivity index (χ4n) is 2.90. The molecule has 1 aromatic carbocycles. The van der Waals surface area contributed by atoms with Gasteiger partial charge in [-0.1, -0.05) is 12.1 Å². The number of carbonyl (C=O) groups excluding carboxylic acids is 1. The molecule has 1 N–H and O–H groups in total. The Bertz CT molecular complexity index is 1170. The fraction of sp³-hybridized carbons (Fsp3) is 0.318. The van der Waals surface area contributed by atoms with Gasteiger partial charge in [0, 0.05) is 22.2 Å². The molecular weight excluding hydrogens is 420 g/mol. The van der Waals surface area contributed by atoms with Gasteiger partial charge in [-0.15, -0.1) is 11.3 Å². The minimum absolute atomic E-state index is 0.00599. The first-order chi connectivity index (χ1) is 14.0. The van der Waals surface area contributed by atoms with Crippen molar-refractivity contribution in [2.75, 3.05) is 12.9 Å². The third-order valence-corrected chi connectivity index (χ3v) is 6.84. The zero-order chi connectivity index (χ0) is 22.1. The smallest absolute Gasteiger partial charge is 0.313 e. The lowest BCUT2D eigenvalue weighted by molar-refractivity contribution is -0.142. The summed E-state index contributed by atoms with van der Waals surface area (Å²) in [6, 6.07) is 11.4. The molecule has 0 radical (unpaired) electrons. The number of hydrogen-bond acceptors (Lipinski definition) is 6. The predicted octanol–water partition coefficient (Wildman–Crippen LogP) is 3.64. The second-order valence-corrected chi connectivity index (χ2v) is 11.2. The molecule has 0 saturated carbocycles. The summed E-state index contributed by atoms with van der Waals surface area (Å²) in [5.41, 5.74) is 0.275. The number of esters is 1. The van der Waals surface area contributed by atoms with Crippen molar-refractivity contribution in [2.24, 2.45) is 0 Å². The second kappa shape index (κ2) is 8.37. The highest BCUT2D eigenvalue weighted by atomic mass is 32.2. The minimum atomic E-state index is -2.31. The summed E-state index contributed by atoms with van der Waals surface area (Å²) in [6.07, 6.45) is 3.37. The number of benzene rings is 1. The van der Waals surface area contributed by atoms with Crippen LogP contribution in [-0.2, 0) is 31.1 Å². The topological polar surface area (TPSA) is 81.4 Å². The van der Waals surface area contributed by atoms with E-state index >= 15 is 0 Å². The number of aromatic nitrogens is 2. The van der Waals surface area contributed by atoms with E-state index in [0.29, 0.717) is 23.0 Å². The summed E-state index contributed by atoms with van der Waals surface area (Å²) in [6.45, 7) is 5.36. The molecule has 0 fully saturated rings. The Kier molecular flexibility index (Phi) is 6.21. The third-order valence-electron chi connectivity index (χ3n) is 4.46. The average molecular weight is 447 g/mol. The molecule has 0 spiro atoms. The highest BCUT2D eigenvalue weighted by molar-refractivity contribution is 7.99. The maximum Gasteiger partial charge on any atom is 0.313 e. The molecule has 3 rings (SSSR count). The maximum atomic E-state index is 12.3. The lowest BCUT2D eigenvalue weighted by Gasteiger charge is -2.12. The third kappa shape index (κ3) is 5.00. The first-order valence-corrected chi connectivity index (χ1v) is 12.4. The molecule has 2 aromatic heterocycles. The van der Waals surface area contributed by atoms with Crippen molar-refractivity contribution in [3.8, 4) is 15.4 Å². The summed E-state index contributed by atoms with van der Waals surface area (Å²) in [7, 11) is -2.31. The van der Waals surface area contributed by atoms with Gasteiger partial charge in [0.15, 0.2) is 0 Å². The molecule has 30 heavy (non-hydrogen) atoms. The van der Waals surface area contributed by atoms with E-state index in [2.05, 4.69) is 10.9 Å². The number of aliphatic hydroxyl groups is 1. The Labute approximate surface area is 181 Å². The number of imidazole rings is 1. The van der Waals surface area contributed by atoms with E-state index in [0.717, 1.165) is 15.4 Å². The minimum Gasteiger partial charge on any atom is -0.466 e. The van der Waals surface area contributed by atoms with Gasteiger partial charge in [-0.2, -0.15) is 0 Å². The van der Waals surface area contributed by atoms with E-state index in [-0.39, 0.29) is 12.4 Å². The van der Waals surface area contributed by atoms with E-state index in [4.69, 9.17) is 4.74 Å². The SMILES string of the molecule is C=S(C)(=O)c1cccc(-c2ccc(-n3cc(C(C)(C)O)nc3CC(=O)OCC)s2)c1. The molecule has 160 valence electrons. The zero-order valence-electron chi connectivity index (χ0n) is 17.5. The highest BCUT2D eigenvalue weighted by Gasteiger charge is 2.24. The predicted molar refractivity (Wildman–Crippen MR) is 122 cm³/mol. The van der Waals surface area contributed by atoms with Gasteiger partial charge >= 0.3 is 5.97 Å². The number of ether oxygens (including phenoxy) is 1. The first-order valence-electron chi connectivity index (χ1n) is 9.48. The number of thiophene rings is 1. The summed E-state index contributed by atoms with van der Waals surface area (Å²) in [4.78, 5) is 18.2. The normalized spacial score (nSPS) is 13.8. The van der Waals surface area contributed by atoms with E-state index < -0.39 is 15.1 Å². The van der Waals surface area contributed by atoms with Crippen LogP contribution in [0.1, 0.15) is 32.3 Å². The van der Waals surface area contributed by atoms with Crippen LogP contribution in [0.4, 0.5) is 0 Å². The molecular formula is C22H26N2O4S2. The Balaban J connectivity index is 2.02. The van der Waals surface area contributed by atoms with Crippen LogP contribution >= 0.6 is 11.3 Å². The van der Waals surface area contributed by atoms with Crippen LogP contribution in [0.2, 0.25) is 0 Å². The number of nitrogens with zero attached hydrogens (tertiary/aromatic N) is 2. The Morgan fingerprint density at radius 2 is 2.07 bits per heavy atom. The van der Waals surface area contributed by atoms with Crippen molar-refractivity contribution >= 4 is 32.7 Å². The molecule has 0 aliphatic rings. The largest absolute Gasteiger partial charge is 0.466 e. The highest BCUT2D eigenvalue weighted by Crippen LogP contribution is 2.33. The monoisotopic (exact) mass is 446 g/mol. The van der Waals surface area contributed by atoms with Crippen molar-refractivity contribution < 1.29 is 18.8 Å². The second-order valence-electron chi connectivity index (χ2n) is 7.62. The molecule has 1 unspecified atom stereocenters. The van der Waals surface area contributed by atoms with Gasteiger partial charge in [0.05, 0.1) is 12.3 Å². The molecule has 2 heterocycles. The van der Waals surface area contributed by atoms with Gasteiger partial charge in [0.2, 0.25) is 0 Å². The quantitative estimate of drug-likeness (QED) is 0.443. The van der Waals surface area contributed by atoms with Crippen LogP contribution in [0.25, 0.3) is 15.4 Å². The fourth-order valence-corrected chi connectivity index (χ4v) is 4.64. The lowest BCUT2D eigenvalue weighted by atomic mass is 10.1. The van der Waals surface area contributed by atoms with E-state index in [9.17, 15) is 14.1 Å². The van der Waals surface area contributed by atoms with Crippen molar-refractivity contribution in [2.45, 2.75) is 37.7 Å². The molecule has 8 heteroatoms. The van der Waals surface area contributed by atoms with Crippen molar-refractivity contribution in [1.82, 2.24) is 9.55 Å². The summed E-state index contributed by atoms with van der Waals surface area (Å²) < 4.78 is 19.2. The molecule has 6 nitrogen and oxygen atoms in total. The van der Waals surface area contributed by atoms with Gasteiger partial charge in [-0.3, -0.25) is 13.6 Å². The van der Waals surface area contributed by atoms with Crippen LogP contribution in [0.15, 0.2) is 47.5 Å². The van der Waals surface area contributed by atoms with Crippen LogP contribution in [0.5, 0.6) is 0 Å². The van der Waals surface area contributed by atoms with Crippen LogP contribution in [0, 0.1) is 0 Å². The number of carbonyl (C=O) groups is 1. The first kappa shape index (κ1) is 22.3. The van der Waals surface area contributed by atoms with Crippen LogP contribution < -0.4 is 0 Å². The van der Waals surface area contributed by atoms with Gasteiger partial charge in [0.1, 0.15) is 22.8 Å². The average Bonchev–Trinajstić information content (AvgIpc) is 3.28.